The van der Waals surface area contributed by atoms with Crippen LogP contribution < -0.4 is 10.6 Å². The average molecular weight is 524 g/mol. The fraction of sp³-hybridized carbons (Fsp3) is 0.632. The number of halogens is 1. The predicted molar refractivity (Wildman–Crippen MR) is 125 cm³/mol. The molecule has 2 N–H and O–H groups in total. The van der Waals surface area contributed by atoms with Crippen molar-refractivity contribution in [3.63, 3.8) is 0 Å². The van der Waals surface area contributed by atoms with Crippen LogP contribution >= 0.6 is 24.0 Å². The SMILES string of the molecule is CCCS(=O)(=O)N1CCC(NC(=NC)NCCOCc2ccccc2)CC1.I. The molecule has 0 atom stereocenters. The number of nitrogens with zero attached hydrogens (tertiary/aromatic N) is 2. The fourth-order valence-corrected chi connectivity index (χ4v) is 4.60. The van der Waals surface area contributed by atoms with Gasteiger partial charge in [-0.05, 0) is 24.8 Å². The highest BCUT2D eigenvalue weighted by Crippen LogP contribution is 2.15. The minimum atomic E-state index is -3.09. The maximum absolute atomic E-state index is 12.1. The van der Waals surface area contributed by atoms with Crippen molar-refractivity contribution in [3.8, 4) is 0 Å². The first kappa shape index (κ1) is 25.1. The lowest BCUT2D eigenvalue weighted by molar-refractivity contribution is 0.125. The van der Waals surface area contributed by atoms with Gasteiger partial charge in [0.15, 0.2) is 5.96 Å². The molecule has 0 saturated carbocycles. The van der Waals surface area contributed by atoms with Crippen LogP contribution in [-0.2, 0) is 21.4 Å². The molecule has 0 unspecified atom stereocenters. The summed E-state index contributed by atoms with van der Waals surface area (Å²) in [7, 11) is -1.35. The zero-order valence-electron chi connectivity index (χ0n) is 16.8. The summed E-state index contributed by atoms with van der Waals surface area (Å²) in [6.07, 6.45) is 2.23. The predicted octanol–water partition coefficient (Wildman–Crippen LogP) is 2.19. The summed E-state index contributed by atoms with van der Waals surface area (Å²) in [5.74, 6) is 0.963. The van der Waals surface area contributed by atoms with Crippen LogP contribution in [0.5, 0.6) is 0 Å². The second kappa shape index (κ2) is 13.3. The number of aliphatic imine (C=N–C) groups is 1. The number of benzene rings is 1. The molecule has 1 aromatic carbocycles. The van der Waals surface area contributed by atoms with E-state index >= 15 is 0 Å². The smallest absolute Gasteiger partial charge is 0.214 e. The van der Waals surface area contributed by atoms with Crippen molar-refractivity contribution in [1.82, 2.24) is 14.9 Å². The molecular weight excluding hydrogens is 491 g/mol. The number of hydrogen-bond acceptors (Lipinski definition) is 4. The van der Waals surface area contributed by atoms with Crippen molar-refractivity contribution >= 4 is 40.0 Å². The van der Waals surface area contributed by atoms with Gasteiger partial charge < -0.3 is 15.4 Å². The maximum atomic E-state index is 12.1. The summed E-state index contributed by atoms with van der Waals surface area (Å²) in [5, 5.41) is 6.63. The Morgan fingerprint density at radius 3 is 2.54 bits per heavy atom. The van der Waals surface area contributed by atoms with Gasteiger partial charge in [0.2, 0.25) is 10.0 Å². The molecule has 0 radical (unpaired) electrons. The zero-order chi connectivity index (χ0) is 19.5. The molecule has 28 heavy (non-hydrogen) atoms. The van der Waals surface area contributed by atoms with E-state index in [1.165, 1.54) is 0 Å². The van der Waals surface area contributed by atoms with E-state index in [1.54, 1.807) is 11.4 Å². The number of nitrogens with one attached hydrogen (secondary N) is 2. The lowest BCUT2D eigenvalue weighted by Gasteiger charge is -2.32. The van der Waals surface area contributed by atoms with Gasteiger partial charge in [-0.3, -0.25) is 4.99 Å². The normalized spacial score (nSPS) is 16.4. The molecular formula is C19H33IN4O3S. The van der Waals surface area contributed by atoms with Crippen molar-refractivity contribution in [2.24, 2.45) is 4.99 Å². The minimum Gasteiger partial charge on any atom is -0.375 e. The van der Waals surface area contributed by atoms with Crippen LogP contribution in [0.3, 0.4) is 0 Å². The molecule has 1 aliphatic heterocycles. The van der Waals surface area contributed by atoms with Crippen molar-refractivity contribution < 1.29 is 13.2 Å². The second-order valence-corrected chi connectivity index (χ2v) is 8.76. The van der Waals surface area contributed by atoms with Crippen molar-refractivity contribution in [2.75, 3.05) is 39.0 Å². The topological polar surface area (TPSA) is 83.0 Å². The molecule has 0 aromatic heterocycles. The van der Waals surface area contributed by atoms with Gasteiger partial charge in [0.25, 0.3) is 0 Å². The van der Waals surface area contributed by atoms with Crippen LogP contribution in [-0.4, -0.2) is 63.8 Å². The summed E-state index contributed by atoms with van der Waals surface area (Å²) >= 11 is 0. The molecule has 0 bridgehead atoms. The Bertz CT molecular complexity index is 678. The van der Waals surface area contributed by atoms with Crippen molar-refractivity contribution in [2.45, 2.75) is 38.8 Å². The number of rotatable bonds is 9. The van der Waals surface area contributed by atoms with Gasteiger partial charge in [0, 0.05) is 32.7 Å². The first-order chi connectivity index (χ1) is 13.0. The fourth-order valence-electron chi connectivity index (χ4n) is 3.06. The van der Waals surface area contributed by atoms with Gasteiger partial charge >= 0.3 is 0 Å². The number of guanidine groups is 1. The van der Waals surface area contributed by atoms with Gasteiger partial charge in [0.05, 0.1) is 19.0 Å². The summed E-state index contributed by atoms with van der Waals surface area (Å²) < 4.78 is 31.5. The molecule has 1 fully saturated rings. The molecule has 160 valence electrons. The molecule has 0 amide bonds. The van der Waals surface area contributed by atoms with E-state index in [0.29, 0.717) is 39.3 Å². The Hall–Kier alpha value is -0.910. The zero-order valence-corrected chi connectivity index (χ0v) is 19.9. The molecule has 2 rings (SSSR count). The van der Waals surface area contributed by atoms with Crippen molar-refractivity contribution in [1.29, 1.82) is 0 Å². The van der Waals surface area contributed by atoms with Gasteiger partial charge in [-0.25, -0.2) is 12.7 Å². The Labute approximate surface area is 186 Å². The highest BCUT2D eigenvalue weighted by Gasteiger charge is 2.27. The van der Waals surface area contributed by atoms with Gasteiger partial charge in [-0.1, -0.05) is 37.3 Å². The Morgan fingerprint density at radius 1 is 1.25 bits per heavy atom. The van der Waals surface area contributed by atoms with Crippen LogP contribution in [0.4, 0.5) is 0 Å². The average Bonchev–Trinajstić information content (AvgIpc) is 2.68. The second-order valence-electron chi connectivity index (χ2n) is 6.67. The molecule has 1 aromatic rings. The molecule has 1 heterocycles. The van der Waals surface area contributed by atoms with E-state index in [-0.39, 0.29) is 35.8 Å². The van der Waals surface area contributed by atoms with E-state index in [9.17, 15) is 8.42 Å². The number of piperidine rings is 1. The molecule has 0 spiro atoms. The lowest BCUT2D eigenvalue weighted by atomic mass is 10.1. The monoisotopic (exact) mass is 524 g/mol. The maximum Gasteiger partial charge on any atom is 0.214 e. The highest BCUT2D eigenvalue weighted by molar-refractivity contribution is 14.0. The third-order valence-electron chi connectivity index (χ3n) is 4.52. The molecule has 9 heteroatoms. The molecule has 1 saturated heterocycles. The standard InChI is InChI=1S/C19H32N4O3S.HI/c1-3-15-27(24,25)23-12-9-18(10-13-23)22-19(20-2)21-11-14-26-16-17-7-5-4-6-8-17;/h4-8,18H,3,9-16H2,1-2H3,(H2,20,21,22);1H. The molecule has 0 aliphatic carbocycles. The van der Waals surface area contributed by atoms with Gasteiger partial charge in [-0.2, -0.15) is 0 Å². The third kappa shape index (κ3) is 8.62. The summed E-state index contributed by atoms with van der Waals surface area (Å²) in [4.78, 5) is 4.24. The van der Waals surface area contributed by atoms with Gasteiger partial charge in [-0.15, -0.1) is 24.0 Å². The van der Waals surface area contributed by atoms with Crippen LogP contribution in [0.15, 0.2) is 35.3 Å². The first-order valence-electron chi connectivity index (χ1n) is 9.62. The van der Waals surface area contributed by atoms with E-state index in [0.717, 1.165) is 24.4 Å². The van der Waals surface area contributed by atoms with Crippen LogP contribution in [0, 0.1) is 0 Å². The van der Waals surface area contributed by atoms with Crippen LogP contribution in [0.25, 0.3) is 0 Å². The van der Waals surface area contributed by atoms with Crippen molar-refractivity contribution in [3.05, 3.63) is 35.9 Å². The Balaban J connectivity index is 0.00000392. The lowest BCUT2D eigenvalue weighted by Crippen LogP contribution is -2.50. The van der Waals surface area contributed by atoms with Gasteiger partial charge in [0.1, 0.15) is 0 Å². The summed E-state index contributed by atoms with van der Waals surface area (Å²) in [5.41, 5.74) is 1.16. The summed E-state index contributed by atoms with van der Waals surface area (Å²) in [6.45, 7) is 4.87. The minimum absolute atomic E-state index is 0. The third-order valence-corrected chi connectivity index (χ3v) is 6.60. The number of sulfonamides is 1. The Kier molecular flexibility index (Phi) is 12.0. The van der Waals surface area contributed by atoms with E-state index < -0.39 is 10.0 Å². The Morgan fingerprint density at radius 2 is 1.93 bits per heavy atom. The van der Waals surface area contributed by atoms with Crippen LogP contribution in [0.1, 0.15) is 31.7 Å². The van der Waals surface area contributed by atoms with E-state index in [1.807, 2.05) is 37.3 Å². The summed E-state index contributed by atoms with van der Waals surface area (Å²) in [6, 6.07) is 10.3. The largest absolute Gasteiger partial charge is 0.375 e. The van der Waals surface area contributed by atoms with E-state index in [4.69, 9.17) is 4.74 Å². The van der Waals surface area contributed by atoms with Crippen LogP contribution in [0.2, 0.25) is 0 Å². The van der Waals surface area contributed by atoms with E-state index in [2.05, 4.69) is 15.6 Å². The number of hydrogen-bond donors (Lipinski definition) is 2. The quantitative estimate of drug-likeness (QED) is 0.224. The molecule has 1 aliphatic rings. The number of ether oxygens (including phenoxy) is 1. The highest BCUT2D eigenvalue weighted by atomic mass is 127. The first-order valence-corrected chi connectivity index (χ1v) is 11.2. The molecule has 7 nitrogen and oxygen atoms in total.